The third kappa shape index (κ3) is 4.45. The molecule has 0 aliphatic carbocycles. The summed E-state index contributed by atoms with van der Waals surface area (Å²) in [6.45, 7) is 7.03. The summed E-state index contributed by atoms with van der Waals surface area (Å²) in [6, 6.07) is 12.7. The van der Waals surface area contributed by atoms with Gasteiger partial charge in [-0.3, -0.25) is 14.7 Å². The molecule has 1 saturated heterocycles. The van der Waals surface area contributed by atoms with Crippen molar-refractivity contribution in [3.63, 3.8) is 0 Å². The Bertz CT molecular complexity index is 693. The first-order valence-corrected chi connectivity index (χ1v) is 9.17. The fourth-order valence-corrected chi connectivity index (χ4v) is 3.59. The quantitative estimate of drug-likeness (QED) is 0.833. The summed E-state index contributed by atoms with van der Waals surface area (Å²) in [5.74, 6) is 0.221. The van der Waals surface area contributed by atoms with Crippen LogP contribution in [0.2, 0.25) is 0 Å². The van der Waals surface area contributed by atoms with E-state index in [1.165, 1.54) is 11.1 Å². The fraction of sp³-hybridized carbons (Fsp3) is 0.429. The van der Waals surface area contributed by atoms with Gasteiger partial charge < -0.3 is 4.90 Å². The van der Waals surface area contributed by atoms with Crippen molar-refractivity contribution >= 4 is 11.6 Å². The summed E-state index contributed by atoms with van der Waals surface area (Å²) in [7, 11) is 0. The van der Waals surface area contributed by atoms with E-state index in [0.717, 1.165) is 38.2 Å². The summed E-state index contributed by atoms with van der Waals surface area (Å²) in [5.41, 5.74) is 3.54. The topological polar surface area (TPSA) is 36.4 Å². The minimum Gasteiger partial charge on any atom is -0.309 e. The van der Waals surface area contributed by atoms with Crippen molar-refractivity contribution in [3.05, 3.63) is 59.9 Å². The number of aromatic nitrogens is 1. The van der Waals surface area contributed by atoms with E-state index in [-0.39, 0.29) is 5.91 Å². The van der Waals surface area contributed by atoms with E-state index in [4.69, 9.17) is 0 Å². The van der Waals surface area contributed by atoms with Gasteiger partial charge in [0.2, 0.25) is 5.91 Å². The molecule has 0 bridgehead atoms. The molecule has 1 aliphatic rings. The molecule has 0 radical (unpaired) electrons. The summed E-state index contributed by atoms with van der Waals surface area (Å²) < 4.78 is 0. The van der Waals surface area contributed by atoms with Crippen LogP contribution >= 0.6 is 0 Å². The summed E-state index contributed by atoms with van der Waals surface area (Å²) in [6.07, 6.45) is 6.28. The van der Waals surface area contributed by atoms with Crippen LogP contribution in [0.25, 0.3) is 0 Å². The van der Waals surface area contributed by atoms with E-state index in [2.05, 4.69) is 47.1 Å². The number of piperidine rings is 1. The monoisotopic (exact) mass is 337 g/mol. The van der Waals surface area contributed by atoms with Gasteiger partial charge >= 0.3 is 0 Å². The van der Waals surface area contributed by atoms with E-state index < -0.39 is 0 Å². The maximum absolute atomic E-state index is 12.6. The van der Waals surface area contributed by atoms with Crippen LogP contribution in [0.15, 0.2) is 48.8 Å². The molecular formula is C21H27N3O. The molecule has 0 atom stereocenters. The van der Waals surface area contributed by atoms with Crippen LogP contribution in [-0.2, 0) is 11.3 Å². The Hall–Kier alpha value is -2.20. The molecule has 1 aromatic heterocycles. The molecule has 1 fully saturated rings. The Morgan fingerprint density at radius 1 is 1.20 bits per heavy atom. The predicted octanol–water partition coefficient (Wildman–Crippen LogP) is 3.80. The molecule has 1 aliphatic heterocycles. The van der Waals surface area contributed by atoms with Gasteiger partial charge in [0.05, 0.1) is 0 Å². The van der Waals surface area contributed by atoms with Gasteiger partial charge in [0.25, 0.3) is 0 Å². The van der Waals surface area contributed by atoms with E-state index in [9.17, 15) is 4.79 Å². The number of likely N-dealkylation sites (tertiary alicyclic amines) is 1. The second-order valence-corrected chi connectivity index (χ2v) is 6.82. The Morgan fingerprint density at radius 2 is 1.92 bits per heavy atom. The van der Waals surface area contributed by atoms with Gasteiger partial charge in [-0.25, -0.2) is 0 Å². The van der Waals surface area contributed by atoms with Crippen molar-refractivity contribution in [2.45, 2.75) is 45.7 Å². The van der Waals surface area contributed by atoms with Crippen LogP contribution in [0.1, 0.15) is 37.3 Å². The molecule has 0 saturated carbocycles. The highest BCUT2D eigenvalue weighted by atomic mass is 16.2. The predicted molar refractivity (Wildman–Crippen MR) is 101 cm³/mol. The lowest BCUT2D eigenvalue weighted by atomic mass is 10.0. The zero-order valence-corrected chi connectivity index (χ0v) is 15.2. The van der Waals surface area contributed by atoms with Crippen molar-refractivity contribution in [1.29, 1.82) is 0 Å². The Morgan fingerprint density at radius 3 is 2.56 bits per heavy atom. The molecule has 0 N–H and O–H groups in total. The molecule has 1 aromatic carbocycles. The Kier molecular flexibility index (Phi) is 5.82. The van der Waals surface area contributed by atoms with Gasteiger partial charge in [-0.1, -0.05) is 19.1 Å². The van der Waals surface area contributed by atoms with Gasteiger partial charge in [-0.05, 0) is 55.2 Å². The number of pyridine rings is 1. The van der Waals surface area contributed by atoms with Crippen LogP contribution in [0.3, 0.4) is 0 Å². The minimum atomic E-state index is 0.221. The van der Waals surface area contributed by atoms with Gasteiger partial charge in [0, 0.05) is 50.2 Å². The van der Waals surface area contributed by atoms with Crippen LogP contribution in [0, 0.1) is 6.92 Å². The van der Waals surface area contributed by atoms with Gasteiger partial charge in [-0.2, -0.15) is 0 Å². The molecule has 3 rings (SSSR count). The number of hydrogen-bond acceptors (Lipinski definition) is 3. The van der Waals surface area contributed by atoms with Crippen molar-refractivity contribution in [2.24, 2.45) is 0 Å². The zero-order chi connectivity index (χ0) is 17.6. The highest BCUT2D eigenvalue weighted by molar-refractivity contribution is 5.93. The second-order valence-electron chi connectivity index (χ2n) is 6.82. The number of benzene rings is 1. The lowest BCUT2D eigenvalue weighted by molar-refractivity contribution is -0.119. The second kappa shape index (κ2) is 8.26. The molecule has 4 nitrogen and oxygen atoms in total. The first-order valence-electron chi connectivity index (χ1n) is 9.17. The number of carbonyl (C=O) groups excluding carboxylic acids is 1. The Balaban J connectivity index is 1.67. The van der Waals surface area contributed by atoms with Gasteiger partial charge in [-0.15, -0.1) is 0 Å². The van der Waals surface area contributed by atoms with Crippen LogP contribution in [0.5, 0.6) is 0 Å². The average Bonchev–Trinajstić information content (AvgIpc) is 2.64. The highest BCUT2D eigenvalue weighted by Crippen LogP contribution is 2.26. The van der Waals surface area contributed by atoms with Gasteiger partial charge in [0.15, 0.2) is 0 Å². The molecule has 2 aromatic rings. The molecule has 25 heavy (non-hydrogen) atoms. The lowest BCUT2D eigenvalue weighted by Crippen LogP contribution is -2.47. The Labute approximate surface area is 150 Å². The van der Waals surface area contributed by atoms with Crippen LogP contribution in [0.4, 0.5) is 5.69 Å². The van der Waals surface area contributed by atoms with Crippen LogP contribution in [-0.4, -0.2) is 34.9 Å². The van der Waals surface area contributed by atoms with E-state index in [1.807, 2.05) is 30.3 Å². The number of carbonyl (C=O) groups is 1. The first kappa shape index (κ1) is 17.6. The zero-order valence-electron chi connectivity index (χ0n) is 15.2. The van der Waals surface area contributed by atoms with Crippen LogP contribution < -0.4 is 4.90 Å². The van der Waals surface area contributed by atoms with Gasteiger partial charge in [0.1, 0.15) is 0 Å². The molecule has 0 unspecified atom stereocenters. The number of rotatable bonds is 5. The number of nitrogens with zero attached hydrogens (tertiary/aromatic N) is 3. The van der Waals surface area contributed by atoms with E-state index >= 15 is 0 Å². The van der Waals surface area contributed by atoms with E-state index in [1.54, 1.807) is 0 Å². The van der Waals surface area contributed by atoms with E-state index in [0.29, 0.717) is 12.5 Å². The highest BCUT2D eigenvalue weighted by Gasteiger charge is 2.28. The molecule has 1 amide bonds. The summed E-state index contributed by atoms with van der Waals surface area (Å²) in [5, 5.41) is 0. The fourth-order valence-electron chi connectivity index (χ4n) is 3.59. The van der Waals surface area contributed by atoms with Crippen molar-refractivity contribution < 1.29 is 4.79 Å². The molecule has 4 heteroatoms. The van der Waals surface area contributed by atoms with Crippen molar-refractivity contribution in [3.8, 4) is 0 Å². The maximum atomic E-state index is 12.6. The molecular weight excluding hydrogens is 310 g/mol. The third-order valence-electron chi connectivity index (χ3n) is 4.93. The minimum absolute atomic E-state index is 0.221. The largest absolute Gasteiger partial charge is 0.309 e. The average molecular weight is 337 g/mol. The smallest absolute Gasteiger partial charge is 0.226 e. The molecule has 2 heterocycles. The number of anilines is 1. The summed E-state index contributed by atoms with van der Waals surface area (Å²) >= 11 is 0. The lowest BCUT2D eigenvalue weighted by Gasteiger charge is -2.38. The standard InChI is InChI=1S/C21H27N3O/c1-3-21(25)24(20-6-4-5-17(2)15-20)19-9-13-23(14-10-19)16-18-7-11-22-12-8-18/h4-8,11-12,15,19H,3,9-10,13-14,16H2,1-2H3. The number of hydrogen-bond donors (Lipinski definition) is 0. The first-order chi connectivity index (χ1) is 12.2. The summed E-state index contributed by atoms with van der Waals surface area (Å²) in [4.78, 5) is 21.2. The van der Waals surface area contributed by atoms with Crippen molar-refractivity contribution in [2.75, 3.05) is 18.0 Å². The molecule has 0 spiro atoms. The third-order valence-corrected chi connectivity index (χ3v) is 4.93. The maximum Gasteiger partial charge on any atom is 0.226 e. The molecule has 132 valence electrons. The SMILES string of the molecule is CCC(=O)N(c1cccc(C)c1)C1CCN(Cc2ccncc2)CC1. The normalized spacial score (nSPS) is 15.9. The number of amides is 1. The van der Waals surface area contributed by atoms with Crippen molar-refractivity contribution in [1.82, 2.24) is 9.88 Å². The number of aryl methyl sites for hydroxylation is 1.